The zero-order valence-corrected chi connectivity index (χ0v) is 11.8. The van der Waals surface area contributed by atoms with Crippen LogP contribution in [0.4, 0.5) is 13.6 Å². The molecule has 0 saturated heterocycles. The maximum Gasteiger partial charge on any atom is 0.315 e. The Hall–Kier alpha value is -1.69. The summed E-state index contributed by atoms with van der Waals surface area (Å²) in [7, 11) is 0. The third-order valence-corrected chi connectivity index (χ3v) is 2.95. The van der Waals surface area contributed by atoms with Crippen molar-refractivity contribution in [3.8, 4) is 0 Å². The number of aliphatic hydroxyl groups excluding tert-OH is 1. The number of benzene rings is 1. The molecule has 20 heavy (non-hydrogen) atoms. The van der Waals surface area contributed by atoms with Gasteiger partial charge in [0.25, 0.3) is 0 Å². The molecule has 1 rings (SSSR count). The summed E-state index contributed by atoms with van der Waals surface area (Å²) in [4.78, 5) is 11.7. The second-order valence-corrected chi connectivity index (χ2v) is 5.51. The predicted molar refractivity (Wildman–Crippen MR) is 72.2 cm³/mol. The molecule has 1 aromatic carbocycles. The highest BCUT2D eigenvalue weighted by molar-refractivity contribution is 5.74. The number of urea groups is 1. The van der Waals surface area contributed by atoms with Crippen molar-refractivity contribution in [2.45, 2.75) is 26.8 Å². The third-order valence-electron chi connectivity index (χ3n) is 2.95. The van der Waals surface area contributed by atoms with Gasteiger partial charge in [-0.3, -0.25) is 0 Å². The smallest absolute Gasteiger partial charge is 0.315 e. The largest absolute Gasteiger partial charge is 0.396 e. The molecule has 0 aliphatic carbocycles. The van der Waals surface area contributed by atoms with Crippen molar-refractivity contribution in [3.63, 3.8) is 0 Å². The van der Waals surface area contributed by atoms with Gasteiger partial charge in [-0.2, -0.15) is 0 Å². The van der Waals surface area contributed by atoms with Crippen molar-refractivity contribution in [3.05, 3.63) is 35.4 Å². The number of hydrogen-bond acceptors (Lipinski definition) is 2. The van der Waals surface area contributed by atoms with Crippen LogP contribution < -0.4 is 10.6 Å². The van der Waals surface area contributed by atoms with Crippen LogP contribution in [0.1, 0.15) is 32.4 Å². The molecule has 1 atom stereocenters. The van der Waals surface area contributed by atoms with E-state index < -0.39 is 29.1 Å². The van der Waals surface area contributed by atoms with Gasteiger partial charge in [0.1, 0.15) is 0 Å². The SMILES string of the molecule is CC(NC(=O)NCC(C)(C)CO)c1cccc(F)c1F. The molecule has 112 valence electrons. The van der Waals surface area contributed by atoms with Gasteiger partial charge in [-0.05, 0) is 13.0 Å². The minimum atomic E-state index is -0.962. The molecule has 0 saturated carbocycles. The van der Waals surface area contributed by atoms with Gasteiger partial charge in [-0.25, -0.2) is 13.6 Å². The Balaban J connectivity index is 2.60. The van der Waals surface area contributed by atoms with Crippen molar-refractivity contribution in [1.29, 1.82) is 0 Å². The molecular weight excluding hydrogens is 266 g/mol. The summed E-state index contributed by atoms with van der Waals surface area (Å²) in [5.74, 6) is -1.91. The number of aliphatic hydroxyl groups is 1. The van der Waals surface area contributed by atoms with Gasteiger partial charge in [0.2, 0.25) is 0 Å². The molecule has 6 heteroatoms. The first kappa shape index (κ1) is 16.4. The van der Waals surface area contributed by atoms with E-state index >= 15 is 0 Å². The van der Waals surface area contributed by atoms with Crippen LogP contribution in [0.3, 0.4) is 0 Å². The number of rotatable bonds is 5. The Morgan fingerprint density at radius 3 is 2.65 bits per heavy atom. The molecule has 0 aliphatic rings. The van der Waals surface area contributed by atoms with Gasteiger partial charge in [0, 0.05) is 24.1 Å². The van der Waals surface area contributed by atoms with Crippen molar-refractivity contribution >= 4 is 6.03 Å². The Kier molecular flexibility index (Phi) is 5.44. The van der Waals surface area contributed by atoms with E-state index in [4.69, 9.17) is 5.11 Å². The standard InChI is InChI=1S/C14H20F2N2O2/c1-9(10-5-4-6-11(15)12(10)16)18-13(20)17-7-14(2,3)8-19/h4-6,9,19H,7-8H2,1-3H3,(H2,17,18,20). The van der Waals surface area contributed by atoms with Crippen LogP contribution >= 0.6 is 0 Å². The van der Waals surface area contributed by atoms with Crippen LogP contribution in [0.5, 0.6) is 0 Å². The van der Waals surface area contributed by atoms with Crippen molar-refractivity contribution in [1.82, 2.24) is 10.6 Å². The first-order chi connectivity index (χ1) is 9.26. The van der Waals surface area contributed by atoms with E-state index in [1.54, 1.807) is 20.8 Å². The van der Waals surface area contributed by atoms with E-state index in [1.807, 2.05) is 0 Å². The topological polar surface area (TPSA) is 61.4 Å². The fourth-order valence-electron chi connectivity index (χ4n) is 1.56. The van der Waals surface area contributed by atoms with Crippen LogP contribution in [0.2, 0.25) is 0 Å². The summed E-state index contributed by atoms with van der Waals surface area (Å²) in [6.45, 7) is 5.36. The molecule has 0 heterocycles. The number of carbonyl (C=O) groups is 1. The molecule has 0 aromatic heterocycles. The van der Waals surface area contributed by atoms with Crippen LogP contribution in [-0.4, -0.2) is 24.3 Å². The summed E-state index contributed by atoms with van der Waals surface area (Å²) >= 11 is 0. The number of halogens is 2. The van der Waals surface area contributed by atoms with Gasteiger partial charge in [0.15, 0.2) is 11.6 Å². The van der Waals surface area contributed by atoms with Gasteiger partial charge in [-0.15, -0.1) is 0 Å². The average Bonchev–Trinajstić information content (AvgIpc) is 2.39. The van der Waals surface area contributed by atoms with Crippen LogP contribution in [0.25, 0.3) is 0 Å². The average molecular weight is 286 g/mol. The lowest BCUT2D eigenvalue weighted by atomic mass is 9.95. The van der Waals surface area contributed by atoms with E-state index in [0.717, 1.165) is 6.07 Å². The van der Waals surface area contributed by atoms with Crippen molar-refractivity contribution in [2.24, 2.45) is 5.41 Å². The second kappa shape index (κ2) is 6.65. The van der Waals surface area contributed by atoms with Crippen LogP contribution in [0.15, 0.2) is 18.2 Å². The molecule has 1 unspecified atom stereocenters. The monoisotopic (exact) mass is 286 g/mol. The van der Waals surface area contributed by atoms with E-state index in [-0.39, 0.29) is 18.7 Å². The summed E-state index contributed by atoms with van der Waals surface area (Å²) in [5.41, 5.74) is -0.355. The molecule has 0 spiro atoms. The lowest BCUT2D eigenvalue weighted by molar-refractivity contribution is 0.157. The molecule has 4 nitrogen and oxygen atoms in total. The minimum absolute atomic E-state index is 0.0681. The normalized spacial score (nSPS) is 12.9. The summed E-state index contributed by atoms with van der Waals surface area (Å²) in [6, 6.07) is 2.67. The lowest BCUT2D eigenvalue weighted by Crippen LogP contribution is -2.42. The summed E-state index contributed by atoms with van der Waals surface area (Å²) in [5, 5.41) is 14.2. The van der Waals surface area contributed by atoms with Gasteiger partial charge in [-0.1, -0.05) is 26.0 Å². The third kappa shape index (κ3) is 4.45. The number of amides is 2. The van der Waals surface area contributed by atoms with E-state index in [2.05, 4.69) is 10.6 Å². The summed E-state index contributed by atoms with van der Waals surface area (Å²) in [6.07, 6.45) is 0. The molecule has 1 aromatic rings. The predicted octanol–water partition coefficient (Wildman–Crippen LogP) is 2.34. The molecule has 2 amide bonds. The highest BCUT2D eigenvalue weighted by atomic mass is 19.2. The Morgan fingerprint density at radius 2 is 2.05 bits per heavy atom. The zero-order chi connectivity index (χ0) is 15.3. The Bertz CT molecular complexity index is 478. The molecule has 0 aliphatic heterocycles. The zero-order valence-electron chi connectivity index (χ0n) is 11.8. The fraction of sp³-hybridized carbons (Fsp3) is 0.500. The first-order valence-corrected chi connectivity index (χ1v) is 6.36. The molecular formula is C14H20F2N2O2. The van der Waals surface area contributed by atoms with Gasteiger partial charge >= 0.3 is 6.03 Å². The van der Waals surface area contributed by atoms with E-state index in [1.165, 1.54) is 12.1 Å². The van der Waals surface area contributed by atoms with E-state index in [0.29, 0.717) is 0 Å². The maximum absolute atomic E-state index is 13.6. The fourth-order valence-corrected chi connectivity index (χ4v) is 1.56. The highest BCUT2D eigenvalue weighted by Crippen LogP contribution is 2.18. The summed E-state index contributed by atoms with van der Waals surface area (Å²) < 4.78 is 26.6. The van der Waals surface area contributed by atoms with Crippen LogP contribution in [0, 0.1) is 17.0 Å². The first-order valence-electron chi connectivity index (χ1n) is 6.36. The second-order valence-electron chi connectivity index (χ2n) is 5.51. The lowest BCUT2D eigenvalue weighted by Gasteiger charge is -2.23. The van der Waals surface area contributed by atoms with Gasteiger partial charge in [0.05, 0.1) is 6.04 Å². The number of hydrogen-bond donors (Lipinski definition) is 3. The molecule has 0 fully saturated rings. The molecule has 3 N–H and O–H groups in total. The minimum Gasteiger partial charge on any atom is -0.396 e. The Labute approximate surface area is 117 Å². The molecule has 0 radical (unpaired) electrons. The molecule has 0 bridgehead atoms. The number of nitrogens with one attached hydrogen (secondary N) is 2. The quantitative estimate of drug-likeness (QED) is 0.778. The van der Waals surface area contributed by atoms with Crippen molar-refractivity contribution < 1.29 is 18.7 Å². The number of carbonyl (C=O) groups excluding carboxylic acids is 1. The Morgan fingerprint density at radius 1 is 1.40 bits per heavy atom. The maximum atomic E-state index is 13.6. The van der Waals surface area contributed by atoms with Crippen LogP contribution in [-0.2, 0) is 0 Å². The van der Waals surface area contributed by atoms with E-state index in [9.17, 15) is 13.6 Å². The van der Waals surface area contributed by atoms with Crippen molar-refractivity contribution in [2.75, 3.05) is 13.2 Å². The highest BCUT2D eigenvalue weighted by Gasteiger charge is 2.19. The van der Waals surface area contributed by atoms with Gasteiger partial charge < -0.3 is 15.7 Å².